The van der Waals surface area contributed by atoms with Gasteiger partial charge in [-0.1, -0.05) is 119 Å². The molecule has 0 amide bonds. The maximum atomic E-state index is 7.56. The van der Waals surface area contributed by atoms with E-state index >= 15 is 0 Å². The molecule has 0 aromatic carbocycles. The van der Waals surface area contributed by atoms with Crippen molar-refractivity contribution in [3.63, 3.8) is 0 Å². The summed E-state index contributed by atoms with van der Waals surface area (Å²) >= 11 is 14.4. The number of hydrogen-bond acceptors (Lipinski definition) is 4. The van der Waals surface area contributed by atoms with Crippen LogP contribution in [-0.4, -0.2) is 58.7 Å². The first kappa shape index (κ1) is 56.0. The average Bonchev–Trinajstić information content (AvgIpc) is 2.65. The van der Waals surface area contributed by atoms with Crippen LogP contribution in [0.4, 0.5) is 0 Å². The Labute approximate surface area is 250 Å². The first-order valence-corrected chi connectivity index (χ1v) is 22.5. The molecular formula is C18H54O12P4S4. The van der Waals surface area contributed by atoms with Crippen LogP contribution in [0.2, 0.25) is 0 Å². The minimum Gasteiger partial charge on any atom is -0.325 e. The Morgan fingerprint density at radius 1 is 0.289 bits per heavy atom. The maximum absolute atomic E-state index is 7.56. The second-order valence-electron chi connectivity index (χ2n) is 7.17. The van der Waals surface area contributed by atoms with Crippen molar-refractivity contribution < 1.29 is 58.7 Å². The molecule has 0 aliphatic carbocycles. The van der Waals surface area contributed by atoms with Gasteiger partial charge in [-0.2, -0.15) is 0 Å². The summed E-state index contributed by atoms with van der Waals surface area (Å²) in [7, 11) is 0. The summed E-state index contributed by atoms with van der Waals surface area (Å²) in [6.07, 6.45) is 16.6. The molecule has 0 aromatic heterocycles. The van der Waals surface area contributed by atoms with E-state index in [4.69, 9.17) is 58.7 Å². The number of unbranched alkanes of at least 4 members (excludes halogenated alkanes) is 9. The molecule has 0 aliphatic rings. The second kappa shape index (κ2) is 39.1. The number of rotatable bonds is 9. The zero-order chi connectivity index (χ0) is 32.5. The maximum Gasteiger partial charge on any atom is 0.319 e. The molecule has 0 atom stereocenters. The van der Waals surface area contributed by atoms with Crippen LogP contribution in [0.1, 0.15) is 119 Å². The molecule has 0 aromatic rings. The van der Waals surface area contributed by atoms with E-state index in [9.17, 15) is 0 Å². The lowest BCUT2D eigenvalue weighted by Gasteiger charge is -1.88. The summed E-state index contributed by atoms with van der Waals surface area (Å²) in [4.78, 5) is 90.7. The van der Waals surface area contributed by atoms with Gasteiger partial charge in [-0.3, -0.25) is 0 Å². The van der Waals surface area contributed by atoms with E-state index in [1.807, 2.05) is 0 Å². The summed E-state index contributed by atoms with van der Waals surface area (Å²) in [5.74, 6) is 0. The Balaban J connectivity index is -0.0000000591. The molecule has 0 rings (SSSR count). The summed E-state index contributed by atoms with van der Waals surface area (Å²) in [6, 6.07) is 0. The summed E-state index contributed by atoms with van der Waals surface area (Å²) < 4.78 is 0. The molecule has 0 unspecified atom stereocenters. The van der Waals surface area contributed by atoms with Crippen LogP contribution in [0, 0.1) is 0 Å². The van der Waals surface area contributed by atoms with Gasteiger partial charge in [0.25, 0.3) is 0 Å². The van der Waals surface area contributed by atoms with Crippen molar-refractivity contribution in [3.05, 3.63) is 0 Å². The van der Waals surface area contributed by atoms with Gasteiger partial charge in [0.1, 0.15) is 0 Å². The molecule has 0 aliphatic heterocycles. The first-order valence-electron chi connectivity index (χ1n) is 11.9. The van der Waals surface area contributed by atoms with Gasteiger partial charge in [-0.05, 0) is 47.2 Å². The molecule has 38 heavy (non-hydrogen) atoms. The highest BCUT2D eigenvalue weighted by atomic mass is 32.5. The molecule has 12 N–H and O–H groups in total. The second-order valence-corrected chi connectivity index (χ2v) is 17.2. The SMILES string of the molecule is CCCCCC.CCCCCC.CCCCCC.OP(O)(O)=S.OP(O)(O)=S.OP(O)(O)=S.OP(O)(O)=S. The fourth-order valence-corrected chi connectivity index (χ4v) is 1.50. The van der Waals surface area contributed by atoms with Crippen LogP contribution in [0.3, 0.4) is 0 Å². The van der Waals surface area contributed by atoms with Crippen molar-refractivity contribution >= 4 is 74.1 Å². The van der Waals surface area contributed by atoms with Gasteiger partial charge in [0.05, 0.1) is 0 Å². The minimum absolute atomic E-state index is 1.36. The van der Waals surface area contributed by atoms with Crippen LogP contribution in [0.5, 0.6) is 0 Å². The summed E-state index contributed by atoms with van der Waals surface area (Å²) in [6.45, 7) is -1.83. The predicted octanol–water partition coefficient (Wildman–Crippen LogP) is 4.51. The molecule has 20 heteroatoms. The zero-order valence-corrected chi connectivity index (χ0v) is 30.1. The zero-order valence-electron chi connectivity index (χ0n) is 23.3. The van der Waals surface area contributed by atoms with E-state index in [1.54, 1.807) is 0 Å². The van der Waals surface area contributed by atoms with Crippen molar-refractivity contribution in [2.24, 2.45) is 0 Å². The Morgan fingerprint density at radius 3 is 0.368 bits per heavy atom. The van der Waals surface area contributed by atoms with E-state index < -0.39 is 26.9 Å². The largest absolute Gasteiger partial charge is 0.325 e. The average molecular weight is 715 g/mol. The normalized spacial score (nSPS) is 10.5. The summed E-state index contributed by atoms with van der Waals surface area (Å²) in [5.41, 5.74) is 0. The predicted molar refractivity (Wildman–Crippen MR) is 173 cm³/mol. The lowest BCUT2D eigenvalue weighted by atomic mass is 10.2. The van der Waals surface area contributed by atoms with Gasteiger partial charge in [0, 0.05) is 0 Å². The standard InChI is InChI=1S/3C6H14.4H3O3PS/c3*1-3-5-6-4-2;4*1-4(2,3)5/h3*3-6H2,1-2H3;4*(H3,1,2,3,5). The van der Waals surface area contributed by atoms with Crippen molar-refractivity contribution in [1.29, 1.82) is 0 Å². The van der Waals surface area contributed by atoms with Gasteiger partial charge in [-0.15, -0.1) is 0 Å². The van der Waals surface area contributed by atoms with Gasteiger partial charge in [-0.25, -0.2) is 0 Å². The first-order chi connectivity index (χ1) is 16.7. The Kier molecular flexibility index (Phi) is 57.6. The van der Waals surface area contributed by atoms with E-state index in [0.29, 0.717) is 0 Å². The van der Waals surface area contributed by atoms with Crippen LogP contribution in [-0.2, 0) is 47.2 Å². The molecule has 0 fully saturated rings. The van der Waals surface area contributed by atoms with E-state index in [1.165, 1.54) is 77.0 Å². The van der Waals surface area contributed by atoms with E-state index in [0.717, 1.165) is 0 Å². The quantitative estimate of drug-likeness (QED) is 0.116. The van der Waals surface area contributed by atoms with Gasteiger partial charge in [0.15, 0.2) is 0 Å². The molecule has 0 spiro atoms. The highest BCUT2D eigenvalue weighted by Crippen LogP contribution is 2.27. The number of hydrogen-bond donors (Lipinski definition) is 12. The van der Waals surface area contributed by atoms with Gasteiger partial charge < -0.3 is 58.7 Å². The van der Waals surface area contributed by atoms with Crippen LogP contribution < -0.4 is 0 Å². The molecule has 0 radical (unpaired) electrons. The van der Waals surface area contributed by atoms with Gasteiger partial charge in [0.2, 0.25) is 0 Å². The molecule has 0 heterocycles. The molecule has 0 saturated carbocycles. The monoisotopic (exact) mass is 714 g/mol. The van der Waals surface area contributed by atoms with Crippen molar-refractivity contribution in [2.75, 3.05) is 0 Å². The van der Waals surface area contributed by atoms with E-state index in [-0.39, 0.29) is 0 Å². The third kappa shape index (κ3) is 425. The van der Waals surface area contributed by atoms with Crippen molar-refractivity contribution in [2.45, 2.75) is 119 Å². The third-order valence-electron chi connectivity index (χ3n) is 2.87. The lowest BCUT2D eigenvalue weighted by Crippen LogP contribution is -1.66. The topological polar surface area (TPSA) is 243 Å². The fourth-order valence-electron chi connectivity index (χ4n) is 1.50. The molecular weight excluding hydrogens is 660 g/mol. The third-order valence-corrected chi connectivity index (χ3v) is 2.87. The molecule has 0 bridgehead atoms. The lowest BCUT2D eigenvalue weighted by molar-refractivity contribution is 0.361. The fraction of sp³-hybridized carbons (Fsp3) is 1.00. The summed E-state index contributed by atoms with van der Waals surface area (Å²) in [5, 5.41) is 0. The van der Waals surface area contributed by atoms with Crippen LogP contribution in [0.15, 0.2) is 0 Å². The molecule has 242 valence electrons. The van der Waals surface area contributed by atoms with Crippen molar-refractivity contribution in [3.8, 4) is 0 Å². The Bertz CT molecular complexity index is 466. The molecule has 0 saturated heterocycles. The van der Waals surface area contributed by atoms with E-state index in [2.05, 4.69) is 88.8 Å². The smallest absolute Gasteiger partial charge is 0.319 e. The van der Waals surface area contributed by atoms with Crippen LogP contribution >= 0.6 is 26.9 Å². The van der Waals surface area contributed by atoms with Crippen molar-refractivity contribution in [1.82, 2.24) is 0 Å². The van der Waals surface area contributed by atoms with Gasteiger partial charge >= 0.3 is 26.9 Å². The highest BCUT2D eigenvalue weighted by molar-refractivity contribution is 8.07. The minimum atomic E-state index is -3.81. The molecule has 12 nitrogen and oxygen atoms in total. The highest BCUT2D eigenvalue weighted by Gasteiger charge is 1.93. The Morgan fingerprint density at radius 2 is 0.342 bits per heavy atom. The Hall–Kier alpha value is 2.12. The van der Waals surface area contributed by atoms with Crippen LogP contribution in [0.25, 0.3) is 0 Å².